The van der Waals surface area contributed by atoms with Gasteiger partial charge in [0.15, 0.2) is 23.0 Å². The van der Waals surface area contributed by atoms with Gasteiger partial charge in [-0.3, -0.25) is 0 Å². The Balaban J connectivity index is 0.00000338. The second-order valence-corrected chi connectivity index (χ2v) is 4.92. The molecule has 0 bridgehead atoms. The third kappa shape index (κ3) is 5.60. The molecule has 26 heavy (non-hydrogen) atoms. The average Bonchev–Trinajstić information content (AvgIpc) is 2.59. The van der Waals surface area contributed by atoms with Crippen LogP contribution in [0, 0.1) is 0 Å². The molecule has 0 fully saturated rings. The molecule has 0 radical (unpaired) electrons. The Kier molecular flexibility index (Phi) is 7.85. The van der Waals surface area contributed by atoms with Gasteiger partial charge in [0, 0.05) is 6.54 Å². The van der Waals surface area contributed by atoms with Crippen LogP contribution in [-0.4, -0.2) is 33.7 Å². The Hall–Kier alpha value is -2.32. The predicted molar refractivity (Wildman–Crippen MR) is 93.5 cm³/mol. The highest BCUT2D eigenvalue weighted by atomic mass is 35.5. The van der Waals surface area contributed by atoms with Gasteiger partial charge < -0.3 is 24.7 Å². The summed E-state index contributed by atoms with van der Waals surface area (Å²) in [7, 11) is 3.01. The van der Waals surface area contributed by atoms with Crippen LogP contribution in [-0.2, 0) is 0 Å². The van der Waals surface area contributed by atoms with Crippen LogP contribution >= 0.6 is 12.4 Å². The summed E-state index contributed by atoms with van der Waals surface area (Å²) in [5.41, 5.74) is 6.70. The second kappa shape index (κ2) is 9.40. The number of rotatable bonds is 7. The number of hydrogen-bond donors (Lipinski definition) is 1. The van der Waals surface area contributed by atoms with Crippen LogP contribution in [0.15, 0.2) is 36.4 Å². The zero-order valence-corrected chi connectivity index (χ0v) is 14.9. The molecule has 0 unspecified atom stereocenters. The highest BCUT2D eigenvalue weighted by Crippen LogP contribution is 2.38. The lowest BCUT2D eigenvalue weighted by Gasteiger charge is -2.15. The fourth-order valence-electron chi connectivity index (χ4n) is 2.19. The normalized spacial score (nSPS) is 10.7. The number of nitrogens with two attached hydrogens (primary N) is 1. The Morgan fingerprint density at radius 2 is 1.38 bits per heavy atom. The first kappa shape index (κ1) is 21.7. The van der Waals surface area contributed by atoms with Crippen LogP contribution in [0.3, 0.4) is 0 Å². The SMILES string of the molecule is COc1ccc(-c2ccc(OC(F)(F)F)c(OCCN)c2)cc1OC.Cl. The summed E-state index contributed by atoms with van der Waals surface area (Å²) < 4.78 is 57.2. The zero-order chi connectivity index (χ0) is 18.4. The van der Waals surface area contributed by atoms with Gasteiger partial charge in [-0.15, -0.1) is 25.6 Å². The molecule has 2 rings (SSSR count). The van der Waals surface area contributed by atoms with E-state index in [1.54, 1.807) is 18.2 Å². The van der Waals surface area contributed by atoms with Crippen molar-refractivity contribution in [1.29, 1.82) is 0 Å². The predicted octanol–water partition coefficient (Wildman–Crippen LogP) is 4.03. The molecule has 144 valence electrons. The molecule has 2 aromatic rings. The van der Waals surface area contributed by atoms with E-state index < -0.39 is 12.1 Å². The summed E-state index contributed by atoms with van der Waals surface area (Å²) in [6, 6.07) is 9.33. The third-order valence-electron chi connectivity index (χ3n) is 3.26. The van der Waals surface area contributed by atoms with E-state index in [0.29, 0.717) is 22.6 Å². The summed E-state index contributed by atoms with van der Waals surface area (Å²) in [6.07, 6.45) is -4.81. The van der Waals surface area contributed by atoms with Crippen molar-refractivity contribution in [3.63, 3.8) is 0 Å². The first-order valence-corrected chi connectivity index (χ1v) is 7.33. The average molecular weight is 394 g/mol. The fraction of sp³-hybridized carbons (Fsp3) is 0.294. The minimum atomic E-state index is -4.81. The summed E-state index contributed by atoms with van der Waals surface area (Å²) >= 11 is 0. The summed E-state index contributed by atoms with van der Waals surface area (Å²) in [4.78, 5) is 0. The van der Waals surface area contributed by atoms with E-state index >= 15 is 0 Å². The molecule has 0 aromatic heterocycles. The summed E-state index contributed by atoms with van der Waals surface area (Å²) in [5, 5.41) is 0. The smallest absolute Gasteiger partial charge is 0.493 e. The Morgan fingerprint density at radius 1 is 0.846 bits per heavy atom. The van der Waals surface area contributed by atoms with Crippen molar-refractivity contribution in [3.8, 4) is 34.1 Å². The van der Waals surface area contributed by atoms with Gasteiger partial charge in [0.25, 0.3) is 0 Å². The molecule has 2 N–H and O–H groups in total. The number of methoxy groups -OCH3 is 2. The lowest BCUT2D eigenvalue weighted by Crippen LogP contribution is -2.18. The fourth-order valence-corrected chi connectivity index (χ4v) is 2.19. The van der Waals surface area contributed by atoms with Crippen LogP contribution in [0.4, 0.5) is 13.2 Å². The third-order valence-corrected chi connectivity index (χ3v) is 3.26. The Labute approximate surface area is 155 Å². The molecule has 0 heterocycles. The van der Waals surface area contributed by atoms with Gasteiger partial charge in [-0.2, -0.15) is 0 Å². The second-order valence-electron chi connectivity index (χ2n) is 4.92. The van der Waals surface area contributed by atoms with E-state index in [2.05, 4.69) is 4.74 Å². The molecule has 0 aliphatic carbocycles. The minimum absolute atomic E-state index is 0. The van der Waals surface area contributed by atoms with Gasteiger partial charge in [0.2, 0.25) is 0 Å². The first-order chi connectivity index (χ1) is 11.9. The molecule has 9 heteroatoms. The van der Waals surface area contributed by atoms with E-state index in [9.17, 15) is 13.2 Å². The number of ether oxygens (including phenoxy) is 4. The molecule has 0 aliphatic rings. The van der Waals surface area contributed by atoms with Crippen molar-refractivity contribution in [3.05, 3.63) is 36.4 Å². The lowest BCUT2D eigenvalue weighted by atomic mass is 10.0. The highest BCUT2D eigenvalue weighted by Gasteiger charge is 2.32. The maximum absolute atomic E-state index is 12.5. The van der Waals surface area contributed by atoms with E-state index in [-0.39, 0.29) is 31.3 Å². The van der Waals surface area contributed by atoms with E-state index in [0.717, 1.165) is 0 Å². The van der Waals surface area contributed by atoms with Gasteiger partial charge in [-0.25, -0.2) is 0 Å². The van der Waals surface area contributed by atoms with E-state index in [1.165, 1.54) is 32.4 Å². The van der Waals surface area contributed by atoms with Crippen molar-refractivity contribution in [2.24, 2.45) is 5.73 Å². The van der Waals surface area contributed by atoms with Gasteiger partial charge in [-0.1, -0.05) is 12.1 Å². The molecule has 0 atom stereocenters. The van der Waals surface area contributed by atoms with Gasteiger partial charge in [-0.05, 0) is 35.4 Å². The summed E-state index contributed by atoms with van der Waals surface area (Å²) in [5.74, 6) is 0.572. The topological polar surface area (TPSA) is 62.9 Å². The molecule has 0 amide bonds. The van der Waals surface area contributed by atoms with Gasteiger partial charge in [0.05, 0.1) is 14.2 Å². The highest BCUT2D eigenvalue weighted by molar-refractivity contribution is 5.85. The van der Waals surface area contributed by atoms with Crippen LogP contribution in [0.1, 0.15) is 0 Å². The molecule has 0 saturated carbocycles. The maximum atomic E-state index is 12.5. The van der Waals surface area contributed by atoms with Crippen molar-refractivity contribution in [2.45, 2.75) is 6.36 Å². The maximum Gasteiger partial charge on any atom is 0.573 e. The van der Waals surface area contributed by atoms with Crippen LogP contribution in [0.5, 0.6) is 23.0 Å². The van der Waals surface area contributed by atoms with Crippen LogP contribution < -0.4 is 24.7 Å². The van der Waals surface area contributed by atoms with Crippen molar-refractivity contribution in [2.75, 3.05) is 27.4 Å². The van der Waals surface area contributed by atoms with Gasteiger partial charge in [0.1, 0.15) is 6.61 Å². The van der Waals surface area contributed by atoms with Crippen molar-refractivity contribution in [1.82, 2.24) is 0 Å². The largest absolute Gasteiger partial charge is 0.573 e. The Morgan fingerprint density at radius 3 is 1.88 bits per heavy atom. The number of alkyl halides is 3. The Bertz CT molecular complexity index is 726. The molecule has 0 saturated heterocycles. The van der Waals surface area contributed by atoms with Crippen LogP contribution in [0.2, 0.25) is 0 Å². The first-order valence-electron chi connectivity index (χ1n) is 7.33. The monoisotopic (exact) mass is 393 g/mol. The van der Waals surface area contributed by atoms with Gasteiger partial charge >= 0.3 is 6.36 Å². The standard InChI is InChI=1S/C17H18F3NO4.ClH/c1-22-13-5-3-11(9-15(13)23-2)12-4-6-14(25-17(18,19)20)16(10-12)24-8-7-21;/h3-6,9-10H,7-8,21H2,1-2H3;1H. The van der Waals surface area contributed by atoms with Crippen molar-refractivity contribution >= 4 is 12.4 Å². The zero-order valence-electron chi connectivity index (χ0n) is 14.1. The molecule has 0 spiro atoms. The number of benzene rings is 2. The summed E-state index contributed by atoms with van der Waals surface area (Å²) in [6.45, 7) is 0.218. The molecular formula is C17H19ClF3NO4. The van der Waals surface area contributed by atoms with E-state index in [4.69, 9.17) is 19.9 Å². The molecule has 5 nitrogen and oxygen atoms in total. The molecule has 0 aliphatic heterocycles. The number of halogens is 4. The lowest BCUT2D eigenvalue weighted by molar-refractivity contribution is -0.275. The number of hydrogen-bond acceptors (Lipinski definition) is 5. The minimum Gasteiger partial charge on any atom is -0.493 e. The van der Waals surface area contributed by atoms with E-state index in [1.807, 2.05) is 0 Å². The molecular weight excluding hydrogens is 375 g/mol. The van der Waals surface area contributed by atoms with Crippen LogP contribution in [0.25, 0.3) is 11.1 Å². The molecule has 2 aromatic carbocycles. The quantitative estimate of drug-likeness (QED) is 0.769. The van der Waals surface area contributed by atoms with Crippen molar-refractivity contribution < 1.29 is 32.1 Å².